The summed E-state index contributed by atoms with van der Waals surface area (Å²) in [5.41, 5.74) is 0.287. The Bertz CT molecular complexity index is 400. The molecule has 5 heteroatoms. The van der Waals surface area contributed by atoms with E-state index in [1.807, 2.05) is 13.8 Å². The van der Waals surface area contributed by atoms with Crippen LogP contribution in [0.4, 0.5) is 0 Å². The topological polar surface area (TPSA) is 42.0 Å². The van der Waals surface area contributed by atoms with Crippen LogP contribution in [0.15, 0.2) is 22.9 Å². The molecule has 1 aromatic heterocycles. The van der Waals surface area contributed by atoms with Gasteiger partial charge in [0.15, 0.2) is 0 Å². The summed E-state index contributed by atoms with van der Waals surface area (Å²) in [6.07, 6.45) is 4.79. The van der Waals surface area contributed by atoms with Gasteiger partial charge in [-0.3, -0.25) is 9.78 Å². The summed E-state index contributed by atoms with van der Waals surface area (Å²) in [7, 11) is 0. The smallest absolute Gasteiger partial charge is 0.253 e. The van der Waals surface area contributed by atoms with Crippen LogP contribution in [0.5, 0.6) is 0 Å². The van der Waals surface area contributed by atoms with Crippen molar-refractivity contribution in [2.24, 2.45) is 0 Å². The number of alkyl halides is 1. The second-order valence-electron chi connectivity index (χ2n) is 4.20. The summed E-state index contributed by atoms with van der Waals surface area (Å²) in [5.74, 6) is 0.412. The van der Waals surface area contributed by atoms with Gasteiger partial charge in [-0.1, -0.05) is 6.92 Å². The summed E-state index contributed by atoms with van der Waals surface area (Å²) < 4.78 is 0.792. The van der Waals surface area contributed by atoms with E-state index in [0.717, 1.165) is 17.3 Å². The predicted molar refractivity (Wildman–Crippen MR) is 73.4 cm³/mol. The van der Waals surface area contributed by atoms with Gasteiger partial charge in [0.05, 0.1) is 5.56 Å². The first kappa shape index (κ1) is 14.5. The van der Waals surface area contributed by atoms with Crippen molar-refractivity contribution < 1.29 is 4.79 Å². The van der Waals surface area contributed by atoms with Crippen molar-refractivity contribution >= 4 is 33.4 Å². The van der Waals surface area contributed by atoms with Gasteiger partial charge in [-0.15, -0.1) is 11.6 Å². The third-order valence-corrected chi connectivity index (χ3v) is 3.43. The highest BCUT2D eigenvalue weighted by molar-refractivity contribution is 9.10. The lowest BCUT2D eigenvalue weighted by Gasteiger charge is -2.28. The molecular formula is C12H16BrClN2O. The van der Waals surface area contributed by atoms with Gasteiger partial charge in [-0.2, -0.15) is 0 Å². The first-order chi connectivity index (χ1) is 8.00. The molecule has 0 bridgehead atoms. The van der Waals surface area contributed by atoms with E-state index in [0.29, 0.717) is 11.4 Å². The third-order valence-electron chi connectivity index (χ3n) is 2.81. The van der Waals surface area contributed by atoms with Crippen LogP contribution in [-0.4, -0.2) is 22.3 Å². The van der Waals surface area contributed by atoms with Crippen molar-refractivity contribution in [1.82, 2.24) is 10.3 Å². The van der Waals surface area contributed by atoms with Gasteiger partial charge in [0, 0.05) is 28.3 Å². The normalized spacial score (nSPS) is 14.1. The highest BCUT2D eigenvalue weighted by Gasteiger charge is 2.24. The molecule has 0 spiro atoms. The van der Waals surface area contributed by atoms with Crippen molar-refractivity contribution in [2.75, 3.05) is 5.88 Å². The Kier molecular flexibility index (Phi) is 5.40. The van der Waals surface area contributed by atoms with Gasteiger partial charge in [0.1, 0.15) is 0 Å². The number of aromatic nitrogens is 1. The van der Waals surface area contributed by atoms with Gasteiger partial charge in [0.2, 0.25) is 0 Å². The standard InChI is InChI=1S/C12H16BrClN2O/c1-3-12(2,4-5-14)16-11(17)9-6-10(13)8-15-7-9/h6-8H,3-5H2,1-2H3,(H,16,17). The van der Waals surface area contributed by atoms with Gasteiger partial charge >= 0.3 is 0 Å². The number of amides is 1. The van der Waals surface area contributed by atoms with Crippen LogP contribution in [0.3, 0.4) is 0 Å². The highest BCUT2D eigenvalue weighted by atomic mass is 79.9. The Morgan fingerprint density at radius 2 is 2.29 bits per heavy atom. The summed E-state index contributed by atoms with van der Waals surface area (Å²) in [6.45, 7) is 4.03. The van der Waals surface area contributed by atoms with E-state index in [2.05, 4.69) is 26.2 Å². The van der Waals surface area contributed by atoms with Gasteiger partial charge in [0.25, 0.3) is 5.91 Å². The second-order valence-corrected chi connectivity index (χ2v) is 5.49. The van der Waals surface area contributed by atoms with Crippen molar-refractivity contribution in [1.29, 1.82) is 0 Å². The lowest BCUT2D eigenvalue weighted by atomic mass is 9.95. The molecule has 17 heavy (non-hydrogen) atoms. The summed E-state index contributed by atoms with van der Waals surface area (Å²) in [6, 6.07) is 1.75. The van der Waals surface area contributed by atoms with E-state index in [9.17, 15) is 4.79 Å². The lowest BCUT2D eigenvalue weighted by Crippen LogP contribution is -2.45. The number of carbonyl (C=O) groups is 1. The Balaban J connectivity index is 2.77. The number of hydrogen-bond donors (Lipinski definition) is 1. The highest BCUT2D eigenvalue weighted by Crippen LogP contribution is 2.17. The van der Waals surface area contributed by atoms with Crippen LogP contribution in [-0.2, 0) is 0 Å². The molecule has 94 valence electrons. The van der Waals surface area contributed by atoms with Crippen molar-refractivity contribution in [3.63, 3.8) is 0 Å². The molecule has 1 amide bonds. The maximum absolute atomic E-state index is 12.0. The van der Waals surface area contributed by atoms with Crippen LogP contribution in [0, 0.1) is 0 Å². The zero-order valence-electron chi connectivity index (χ0n) is 9.96. The van der Waals surface area contributed by atoms with Gasteiger partial charge in [-0.05, 0) is 41.8 Å². The number of carbonyl (C=O) groups excluding carboxylic acids is 1. The molecule has 0 fully saturated rings. The molecule has 0 radical (unpaired) electrons. The maximum Gasteiger partial charge on any atom is 0.253 e. The number of rotatable bonds is 5. The molecule has 1 heterocycles. The van der Waals surface area contributed by atoms with E-state index < -0.39 is 0 Å². The average molecular weight is 320 g/mol. The van der Waals surface area contributed by atoms with E-state index in [1.165, 1.54) is 0 Å². The minimum atomic E-state index is -0.263. The minimum absolute atomic E-state index is 0.117. The number of hydrogen-bond acceptors (Lipinski definition) is 2. The maximum atomic E-state index is 12.0. The molecular weight excluding hydrogens is 304 g/mol. The zero-order valence-corrected chi connectivity index (χ0v) is 12.3. The molecule has 0 aliphatic rings. The van der Waals surface area contributed by atoms with Gasteiger partial charge < -0.3 is 5.32 Å². The van der Waals surface area contributed by atoms with Crippen molar-refractivity contribution in [3.05, 3.63) is 28.5 Å². The molecule has 1 aromatic rings. The van der Waals surface area contributed by atoms with Crippen LogP contribution in [0.1, 0.15) is 37.0 Å². The van der Waals surface area contributed by atoms with E-state index in [1.54, 1.807) is 18.5 Å². The molecule has 3 nitrogen and oxygen atoms in total. The number of halogens is 2. The van der Waals surface area contributed by atoms with E-state index >= 15 is 0 Å². The van der Waals surface area contributed by atoms with Crippen LogP contribution < -0.4 is 5.32 Å². The largest absolute Gasteiger partial charge is 0.347 e. The van der Waals surface area contributed by atoms with Crippen LogP contribution in [0.2, 0.25) is 0 Å². The first-order valence-electron chi connectivity index (χ1n) is 5.50. The molecule has 0 aromatic carbocycles. The quantitative estimate of drug-likeness (QED) is 0.846. The Morgan fingerprint density at radius 3 is 2.82 bits per heavy atom. The number of pyridine rings is 1. The number of nitrogens with one attached hydrogen (secondary N) is 1. The molecule has 1 unspecified atom stereocenters. The summed E-state index contributed by atoms with van der Waals surface area (Å²) in [4.78, 5) is 16.0. The Morgan fingerprint density at radius 1 is 1.59 bits per heavy atom. The molecule has 0 aliphatic heterocycles. The Hall–Kier alpha value is -0.610. The van der Waals surface area contributed by atoms with E-state index in [-0.39, 0.29) is 11.4 Å². The molecule has 1 atom stereocenters. The predicted octanol–water partition coefficient (Wildman–Crippen LogP) is 3.37. The lowest BCUT2D eigenvalue weighted by molar-refractivity contribution is 0.0901. The van der Waals surface area contributed by atoms with Crippen molar-refractivity contribution in [2.45, 2.75) is 32.2 Å². The van der Waals surface area contributed by atoms with Crippen molar-refractivity contribution in [3.8, 4) is 0 Å². The van der Waals surface area contributed by atoms with Crippen LogP contribution in [0.25, 0.3) is 0 Å². The minimum Gasteiger partial charge on any atom is -0.347 e. The molecule has 0 saturated carbocycles. The fraction of sp³-hybridized carbons (Fsp3) is 0.500. The SMILES string of the molecule is CCC(C)(CCCl)NC(=O)c1cncc(Br)c1. The molecule has 0 saturated heterocycles. The third kappa shape index (κ3) is 4.28. The Labute approximate surface area is 115 Å². The van der Waals surface area contributed by atoms with E-state index in [4.69, 9.17) is 11.6 Å². The fourth-order valence-electron chi connectivity index (χ4n) is 1.42. The fourth-order valence-corrected chi connectivity index (χ4v) is 2.20. The van der Waals surface area contributed by atoms with Crippen LogP contribution >= 0.6 is 27.5 Å². The average Bonchev–Trinajstić information content (AvgIpc) is 2.29. The second kappa shape index (κ2) is 6.36. The zero-order chi connectivity index (χ0) is 12.9. The summed E-state index contributed by atoms with van der Waals surface area (Å²) in [5, 5.41) is 3.00. The molecule has 1 N–H and O–H groups in total. The summed E-state index contributed by atoms with van der Waals surface area (Å²) >= 11 is 9.04. The van der Waals surface area contributed by atoms with Gasteiger partial charge in [-0.25, -0.2) is 0 Å². The number of nitrogens with zero attached hydrogens (tertiary/aromatic N) is 1. The molecule has 1 rings (SSSR count). The molecule has 0 aliphatic carbocycles. The monoisotopic (exact) mass is 318 g/mol. The first-order valence-corrected chi connectivity index (χ1v) is 6.82.